The van der Waals surface area contributed by atoms with E-state index in [4.69, 9.17) is 23.7 Å². The molecule has 0 bridgehead atoms. The van der Waals surface area contributed by atoms with E-state index in [0.29, 0.717) is 51.1 Å². The number of rotatable bonds is 10. The van der Waals surface area contributed by atoms with Gasteiger partial charge in [-0.1, -0.05) is 54.3 Å². The number of nitrogens with zero attached hydrogens (tertiary/aromatic N) is 2. The highest BCUT2D eigenvalue weighted by Gasteiger charge is 2.33. The molecule has 0 radical (unpaired) electrons. The van der Waals surface area contributed by atoms with Crippen LogP contribution in [0, 0.1) is 0 Å². The van der Waals surface area contributed by atoms with Gasteiger partial charge in [-0.15, -0.1) is 0 Å². The summed E-state index contributed by atoms with van der Waals surface area (Å²) in [5, 5.41) is 0. The second-order valence-corrected chi connectivity index (χ2v) is 11.0. The van der Waals surface area contributed by atoms with E-state index in [2.05, 4.69) is 11.6 Å². The molecule has 0 amide bonds. The molecular formula is C34H30N2O7S. The maximum Gasteiger partial charge on any atom is 0.338 e. The van der Waals surface area contributed by atoms with Gasteiger partial charge >= 0.3 is 5.97 Å². The molecule has 0 saturated carbocycles. The van der Waals surface area contributed by atoms with Crippen molar-refractivity contribution in [1.29, 1.82) is 0 Å². The van der Waals surface area contributed by atoms with Gasteiger partial charge in [0.2, 0.25) is 6.79 Å². The van der Waals surface area contributed by atoms with Gasteiger partial charge in [-0.3, -0.25) is 9.36 Å². The lowest BCUT2D eigenvalue weighted by molar-refractivity contribution is -0.139. The van der Waals surface area contributed by atoms with Crippen LogP contribution in [0.15, 0.2) is 100 Å². The number of fused-ring (bicyclic) bond motifs is 2. The number of thiazole rings is 1. The minimum Gasteiger partial charge on any atom is -0.490 e. The van der Waals surface area contributed by atoms with E-state index in [-0.39, 0.29) is 19.0 Å². The molecule has 0 unspecified atom stereocenters. The minimum atomic E-state index is -0.701. The molecule has 44 heavy (non-hydrogen) atoms. The van der Waals surface area contributed by atoms with Gasteiger partial charge in [0.25, 0.3) is 5.56 Å². The molecule has 2 aliphatic rings. The fraction of sp³-hybridized carbons (Fsp3) is 0.206. The summed E-state index contributed by atoms with van der Waals surface area (Å²) in [4.78, 5) is 32.2. The van der Waals surface area contributed by atoms with E-state index < -0.39 is 12.0 Å². The number of hydrogen-bond acceptors (Lipinski definition) is 9. The molecule has 0 fully saturated rings. The topological polar surface area (TPSA) is 97.6 Å². The van der Waals surface area contributed by atoms with Crippen molar-refractivity contribution >= 4 is 23.4 Å². The normalized spacial score (nSPS) is 15.4. The average Bonchev–Trinajstić information content (AvgIpc) is 3.62. The Morgan fingerprint density at radius 1 is 1.05 bits per heavy atom. The van der Waals surface area contributed by atoms with Gasteiger partial charge in [-0.25, -0.2) is 9.79 Å². The van der Waals surface area contributed by atoms with Gasteiger partial charge in [-0.2, -0.15) is 0 Å². The van der Waals surface area contributed by atoms with Crippen molar-refractivity contribution in [2.24, 2.45) is 4.99 Å². The first-order chi connectivity index (χ1) is 21.4. The van der Waals surface area contributed by atoms with Crippen molar-refractivity contribution in [2.75, 3.05) is 20.0 Å². The Bertz CT molecular complexity index is 1920. The third-order valence-electron chi connectivity index (χ3n) is 7.10. The fourth-order valence-corrected chi connectivity index (χ4v) is 6.06. The van der Waals surface area contributed by atoms with Crippen LogP contribution < -0.4 is 33.8 Å². The SMILES string of the molecule is C=CCOc1ccc([C@H]2C(C(=O)OCC)=C(C)N=c3s/c(=C\c4ccc(OCc5ccc6c(c5)OCO6)cc4)c(=O)n32)cc1. The van der Waals surface area contributed by atoms with E-state index in [0.717, 1.165) is 22.4 Å². The maximum absolute atomic E-state index is 13.9. The number of carbonyl (C=O) groups excluding carboxylic acids is 1. The lowest BCUT2D eigenvalue weighted by Gasteiger charge is -2.24. The first-order valence-electron chi connectivity index (χ1n) is 14.1. The number of aromatic nitrogens is 1. The third kappa shape index (κ3) is 5.89. The Morgan fingerprint density at radius 3 is 2.52 bits per heavy atom. The molecule has 3 aromatic carbocycles. The average molecular weight is 611 g/mol. The third-order valence-corrected chi connectivity index (χ3v) is 8.08. The van der Waals surface area contributed by atoms with Crippen LogP contribution in [0.2, 0.25) is 0 Å². The number of benzene rings is 3. The lowest BCUT2D eigenvalue weighted by Crippen LogP contribution is -2.39. The van der Waals surface area contributed by atoms with Crippen LogP contribution in [0.1, 0.15) is 36.6 Å². The summed E-state index contributed by atoms with van der Waals surface area (Å²) in [6.45, 7) is 8.36. The van der Waals surface area contributed by atoms with E-state index in [9.17, 15) is 9.59 Å². The molecule has 6 rings (SSSR count). The Hall–Kier alpha value is -5.09. The van der Waals surface area contributed by atoms with Crippen molar-refractivity contribution in [2.45, 2.75) is 26.5 Å². The van der Waals surface area contributed by atoms with E-state index >= 15 is 0 Å². The second kappa shape index (κ2) is 12.6. The monoisotopic (exact) mass is 610 g/mol. The van der Waals surface area contributed by atoms with Crippen molar-refractivity contribution in [3.8, 4) is 23.0 Å². The van der Waals surface area contributed by atoms with Gasteiger partial charge < -0.3 is 23.7 Å². The number of allylic oxidation sites excluding steroid dienone is 1. The molecule has 0 saturated heterocycles. The second-order valence-electron chi connectivity index (χ2n) is 10.0. The fourth-order valence-electron chi connectivity index (χ4n) is 5.02. The number of hydrogen-bond donors (Lipinski definition) is 0. The van der Waals surface area contributed by atoms with Crippen LogP contribution in [0.4, 0.5) is 0 Å². The van der Waals surface area contributed by atoms with Gasteiger partial charge in [-0.05, 0) is 73.0 Å². The Labute approximate surface area is 257 Å². The summed E-state index contributed by atoms with van der Waals surface area (Å²) < 4.78 is 29.8. The van der Waals surface area contributed by atoms with Gasteiger partial charge in [0, 0.05) is 0 Å². The maximum atomic E-state index is 13.9. The molecule has 0 spiro atoms. The smallest absolute Gasteiger partial charge is 0.338 e. The van der Waals surface area contributed by atoms with Crippen LogP contribution in [-0.4, -0.2) is 30.5 Å². The summed E-state index contributed by atoms with van der Waals surface area (Å²) >= 11 is 1.27. The zero-order valence-corrected chi connectivity index (χ0v) is 25.1. The predicted octanol–water partition coefficient (Wildman–Crippen LogP) is 4.67. The van der Waals surface area contributed by atoms with Crippen molar-refractivity contribution in [3.05, 3.63) is 127 Å². The highest BCUT2D eigenvalue weighted by Crippen LogP contribution is 2.33. The summed E-state index contributed by atoms with van der Waals surface area (Å²) in [6.07, 6.45) is 3.48. The van der Waals surface area contributed by atoms with Gasteiger partial charge in [0.1, 0.15) is 24.7 Å². The Kier molecular flexibility index (Phi) is 8.33. The van der Waals surface area contributed by atoms with Crippen LogP contribution >= 0.6 is 11.3 Å². The van der Waals surface area contributed by atoms with Crippen molar-refractivity contribution in [3.63, 3.8) is 0 Å². The van der Waals surface area contributed by atoms with Gasteiger partial charge in [0.15, 0.2) is 16.3 Å². The first kappa shape index (κ1) is 29.0. The largest absolute Gasteiger partial charge is 0.490 e. The van der Waals surface area contributed by atoms with E-state index in [1.165, 1.54) is 11.3 Å². The summed E-state index contributed by atoms with van der Waals surface area (Å²) in [5.74, 6) is 2.29. The molecule has 1 atom stereocenters. The number of carbonyl (C=O) groups is 1. The summed E-state index contributed by atoms with van der Waals surface area (Å²) in [5.41, 5.74) is 3.12. The standard InChI is InChI=1S/C34H30N2O7S/c1-4-16-40-25-13-9-24(10-14-25)31-30(33(38)39-5-2)21(3)35-34-36(31)32(37)29(44-34)18-22-6-11-26(12-7-22)41-19-23-8-15-27-28(17-23)43-20-42-27/h4,6-15,17-18,31H,1,5,16,19-20H2,2-3H3/b29-18-/t31-/m0/s1. The van der Waals surface area contributed by atoms with Crippen molar-refractivity contribution < 1.29 is 28.5 Å². The van der Waals surface area contributed by atoms with Gasteiger partial charge in [0.05, 0.1) is 28.5 Å². The highest BCUT2D eigenvalue weighted by atomic mass is 32.1. The molecule has 4 aromatic rings. The highest BCUT2D eigenvalue weighted by molar-refractivity contribution is 7.07. The Morgan fingerprint density at radius 2 is 1.77 bits per heavy atom. The molecule has 224 valence electrons. The summed E-state index contributed by atoms with van der Waals surface area (Å²) in [6, 6.07) is 19.8. The Balaban J connectivity index is 1.29. The molecule has 3 heterocycles. The van der Waals surface area contributed by atoms with Crippen LogP contribution in [-0.2, 0) is 16.1 Å². The molecule has 0 aliphatic carbocycles. The lowest BCUT2D eigenvalue weighted by atomic mass is 9.96. The molecule has 1 aromatic heterocycles. The quantitative estimate of drug-likeness (QED) is 0.190. The number of ether oxygens (including phenoxy) is 5. The van der Waals surface area contributed by atoms with Crippen LogP contribution in [0.25, 0.3) is 6.08 Å². The van der Waals surface area contributed by atoms with E-state index in [1.54, 1.807) is 24.5 Å². The van der Waals surface area contributed by atoms with E-state index in [1.807, 2.05) is 72.8 Å². The molecule has 10 heteroatoms. The van der Waals surface area contributed by atoms with Crippen molar-refractivity contribution in [1.82, 2.24) is 4.57 Å². The van der Waals surface area contributed by atoms with Crippen LogP contribution in [0.5, 0.6) is 23.0 Å². The first-order valence-corrected chi connectivity index (χ1v) is 14.9. The minimum absolute atomic E-state index is 0.206. The molecule has 0 N–H and O–H groups in total. The molecule has 9 nitrogen and oxygen atoms in total. The summed E-state index contributed by atoms with van der Waals surface area (Å²) in [7, 11) is 0. The zero-order valence-electron chi connectivity index (χ0n) is 24.3. The number of esters is 1. The molecular weight excluding hydrogens is 580 g/mol. The zero-order chi connectivity index (χ0) is 30.6. The predicted molar refractivity (Wildman–Crippen MR) is 166 cm³/mol. The molecule has 2 aliphatic heterocycles. The van der Waals surface area contributed by atoms with Crippen LogP contribution in [0.3, 0.4) is 0 Å².